The van der Waals surface area contributed by atoms with E-state index in [4.69, 9.17) is 10.8 Å². The molecule has 1 fully saturated rings. The van der Waals surface area contributed by atoms with Gasteiger partial charge in [-0.25, -0.2) is 4.68 Å². The van der Waals surface area contributed by atoms with Crippen LogP contribution in [0.25, 0.3) is 0 Å². The molecule has 1 aliphatic carbocycles. The summed E-state index contributed by atoms with van der Waals surface area (Å²) < 4.78 is 1.92. The molecule has 1 aromatic rings. The molecule has 2 rings (SSSR count). The first kappa shape index (κ1) is 20.0. The number of carbonyl (C=O) groups excluding carboxylic acids is 1. The van der Waals surface area contributed by atoms with Gasteiger partial charge in [0.1, 0.15) is 5.82 Å². The molecule has 5 nitrogen and oxygen atoms in total. The third-order valence-electron chi connectivity index (χ3n) is 4.21. The predicted molar refractivity (Wildman–Crippen MR) is 97.1 cm³/mol. The van der Waals surface area contributed by atoms with Crippen LogP contribution >= 0.6 is 12.4 Å². The van der Waals surface area contributed by atoms with E-state index in [0.717, 1.165) is 30.8 Å². The van der Waals surface area contributed by atoms with Crippen molar-refractivity contribution in [2.45, 2.75) is 77.8 Å². The van der Waals surface area contributed by atoms with Gasteiger partial charge in [0.15, 0.2) is 0 Å². The minimum atomic E-state index is -0.182. The van der Waals surface area contributed by atoms with Crippen LogP contribution in [0.15, 0.2) is 6.07 Å². The normalized spacial score (nSPS) is 21.9. The van der Waals surface area contributed by atoms with Crippen LogP contribution in [0.3, 0.4) is 0 Å². The van der Waals surface area contributed by atoms with Crippen LogP contribution in [0, 0.1) is 5.92 Å². The number of aromatic nitrogens is 2. The summed E-state index contributed by atoms with van der Waals surface area (Å²) in [5.41, 5.74) is 6.67. The first-order valence-corrected chi connectivity index (χ1v) is 8.16. The molecule has 1 saturated carbocycles. The van der Waals surface area contributed by atoms with E-state index >= 15 is 0 Å². The summed E-state index contributed by atoms with van der Waals surface area (Å²) in [5.74, 6) is 0.873. The summed E-state index contributed by atoms with van der Waals surface area (Å²) in [6.07, 6.45) is 2.59. The van der Waals surface area contributed by atoms with Crippen molar-refractivity contribution in [1.82, 2.24) is 9.78 Å². The molecule has 0 radical (unpaired) electrons. The lowest BCUT2D eigenvalue weighted by Gasteiger charge is -2.23. The molecule has 3 N–H and O–H groups in total. The molecule has 23 heavy (non-hydrogen) atoms. The lowest BCUT2D eigenvalue weighted by molar-refractivity contribution is -0.119. The molecule has 1 aromatic heterocycles. The second-order valence-electron chi connectivity index (χ2n) is 8.51. The molecule has 6 heteroatoms. The molecular formula is C17H31ClN4O. The third-order valence-corrected chi connectivity index (χ3v) is 4.21. The average Bonchev–Trinajstić information content (AvgIpc) is 2.93. The minimum Gasteiger partial charge on any atom is -0.328 e. The molecule has 1 aliphatic rings. The first-order chi connectivity index (χ1) is 9.98. The van der Waals surface area contributed by atoms with E-state index < -0.39 is 0 Å². The number of rotatable bonds is 2. The minimum absolute atomic E-state index is 0. The Kier molecular flexibility index (Phi) is 5.92. The van der Waals surface area contributed by atoms with E-state index in [1.807, 2.05) is 10.7 Å². The lowest BCUT2D eigenvalue weighted by Crippen LogP contribution is -2.29. The SMILES string of the molecule is CC(C)(C)c1cc(NC(=O)C2CCC(N)C2)n(C(C)(C)C)n1.Cl. The van der Waals surface area contributed by atoms with Gasteiger partial charge in [-0.05, 0) is 40.0 Å². The molecule has 1 amide bonds. The van der Waals surface area contributed by atoms with Crippen LogP contribution in [0.2, 0.25) is 0 Å². The van der Waals surface area contributed by atoms with Gasteiger partial charge in [-0.3, -0.25) is 4.79 Å². The second-order valence-corrected chi connectivity index (χ2v) is 8.51. The number of anilines is 1. The van der Waals surface area contributed by atoms with Crippen LogP contribution in [-0.2, 0) is 15.7 Å². The van der Waals surface area contributed by atoms with Crippen LogP contribution in [0.4, 0.5) is 5.82 Å². The maximum absolute atomic E-state index is 12.5. The smallest absolute Gasteiger partial charge is 0.228 e. The Labute approximate surface area is 145 Å². The quantitative estimate of drug-likeness (QED) is 0.864. The molecule has 0 saturated heterocycles. The Morgan fingerprint density at radius 2 is 1.87 bits per heavy atom. The van der Waals surface area contributed by atoms with Gasteiger partial charge in [-0.1, -0.05) is 20.8 Å². The highest BCUT2D eigenvalue weighted by Crippen LogP contribution is 2.30. The van der Waals surface area contributed by atoms with E-state index in [1.165, 1.54) is 0 Å². The van der Waals surface area contributed by atoms with E-state index in [2.05, 4.69) is 46.9 Å². The summed E-state index contributed by atoms with van der Waals surface area (Å²) >= 11 is 0. The number of halogens is 1. The van der Waals surface area contributed by atoms with E-state index in [1.54, 1.807) is 0 Å². The summed E-state index contributed by atoms with van der Waals surface area (Å²) in [6, 6.07) is 2.16. The Morgan fingerprint density at radius 1 is 1.26 bits per heavy atom. The van der Waals surface area contributed by atoms with Crippen molar-refractivity contribution in [3.05, 3.63) is 11.8 Å². The fourth-order valence-corrected chi connectivity index (χ4v) is 2.83. The van der Waals surface area contributed by atoms with Gasteiger partial charge in [0.2, 0.25) is 5.91 Å². The molecule has 132 valence electrons. The third kappa shape index (κ3) is 4.70. The summed E-state index contributed by atoms with van der Waals surface area (Å²) in [4.78, 5) is 12.5. The highest BCUT2D eigenvalue weighted by Gasteiger charge is 2.30. The fourth-order valence-electron chi connectivity index (χ4n) is 2.83. The average molecular weight is 343 g/mol. The molecule has 0 aromatic carbocycles. The monoisotopic (exact) mass is 342 g/mol. The van der Waals surface area contributed by atoms with E-state index in [0.29, 0.717) is 0 Å². The van der Waals surface area contributed by atoms with Gasteiger partial charge in [-0.2, -0.15) is 5.10 Å². The number of nitrogens with one attached hydrogen (secondary N) is 1. The zero-order chi connectivity index (χ0) is 16.7. The van der Waals surface area contributed by atoms with Crippen molar-refractivity contribution in [2.24, 2.45) is 11.7 Å². The highest BCUT2D eigenvalue weighted by atomic mass is 35.5. The predicted octanol–water partition coefficient (Wildman–Crippen LogP) is 3.42. The number of hydrogen-bond acceptors (Lipinski definition) is 3. The van der Waals surface area contributed by atoms with Gasteiger partial charge < -0.3 is 11.1 Å². The Hall–Kier alpha value is -1.07. The van der Waals surface area contributed by atoms with E-state index in [-0.39, 0.29) is 41.2 Å². The van der Waals surface area contributed by atoms with Crippen LogP contribution in [0.5, 0.6) is 0 Å². The van der Waals surface area contributed by atoms with Gasteiger partial charge >= 0.3 is 0 Å². The van der Waals surface area contributed by atoms with Crippen molar-refractivity contribution >= 4 is 24.1 Å². The number of amides is 1. The summed E-state index contributed by atoms with van der Waals surface area (Å²) in [7, 11) is 0. The molecule has 1 heterocycles. The van der Waals surface area contributed by atoms with Crippen molar-refractivity contribution in [1.29, 1.82) is 0 Å². The largest absolute Gasteiger partial charge is 0.328 e. The summed E-state index contributed by atoms with van der Waals surface area (Å²) in [5, 5.41) is 7.80. The van der Waals surface area contributed by atoms with Crippen LogP contribution in [0.1, 0.15) is 66.5 Å². The van der Waals surface area contributed by atoms with Crippen molar-refractivity contribution < 1.29 is 4.79 Å². The fraction of sp³-hybridized carbons (Fsp3) is 0.765. The van der Waals surface area contributed by atoms with Gasteiger partial charge in [0.25, 0.3) is 0 Å². The van der Waals surface area contributed by atoms with Crippen molar-refractivity contribution in [3.8, 4) is 0 Å². The molecular weight excluding hydrogens is 312 g/mol. The topological polar surface area (TPSA) is 72.9 Å². The maximum atomic E-state index is 12.5. The standard InChI is InChI=1S/C17H30N4O.ClH/c1-16(2,3)13-10-14(21(20-13)17(4,5)6)19-15(22)11-7-8-12(18)9-11;/h10-12H,7-9,18H2,1-6H3,(H,19,22);1H. The highest BCUT2D eigenvalue weighted by molar-refractivity contribution is 5.92. The summed E-state index contributed by atoms with van der Waals surface area (Å²) in [6.45, 7) is 12.7. The Balaban J connectivity index is 0.00000264. The van der Waals surface area contributed by atoms with Crippen molar-refractivity contribution in [2.75, 3.05) is 5.32 Å². The molecule has 0 aliphatic heterocycles. The zero-order valence-electron chi connectivity index (χ0n) is 15.1. The Bertz CT molecular complexity index is 554. The van der Waals surface area contributed by atoms with Crippen LogP contribution < -0.4 is 11.1 Å². The molecule has 0 bridgehead atoms. The first-order valence-electron chi connectivity index (χ1n) is 8.16. The number of nitrogens with two attached hydrogens (primary N) is 1. The van der Waals surface area contributed by atoms with Crippen molar-refractivity contribution in [3.63, 3.8) is 0 Å². The zero-order valence-corrected chi connectivity index (χ0v) is 16.0. The van der Waals surface area contributed by atoms with Gasteiger partial charge in [-0.15, -0.1) is 12.4 Å². The van der Waals surface area contributed by atoms with E-state index in [9.17, 15) is 4.79 Å². The van der Waals surface area contributed by atoms with Gasteiger partial charge in [0.05, 0.1) is 11.2 Å². The number of hydrogen-bond donors (Lipinski definition) is 2. The number of carbonyl (C=O) groups is 1. The number of nitrogens with zero attached hydrogens (tertiary/aromatic N) is 2. The lowest BCUT2D eigenvalue weighted by atomic mass is 9.92. The maximum Gasteiger partial charge on any atom is 0.228 e. The van der Waals surface area contributed by atoms with Gasteiger partial charge in [0, 0.05) is 23.4 Å². The van der Waals surface area contributed by atoms with Crippen LogP contribution in [-0.4, -0.2) is 21.7 Å². The second kappa shape index (κ2) is 6.81. The molecule has 0 spiro atoms. The molecule has 2 unspecified atom stereocenters. The molecule has 2 atom stereocenters. The Morgan fingerprint density at radius 3 is 2.30 bits per heavy atom.